The van der Waals surface area contributed by atoms with Crippen LogP contribution in [0.5, 0.6) is 0 Å². The van der Waals surface area contributed by atoms with Crippen molar-refractivity contribution in [3.63, 3.8) is 0 Å². The number of ether oxygens (including phenoxy) is 1. The number of hydrogen-bond donors (Lipinski definition) is 2. The molecule has 1 saturated carbocycles. The van der Waals surface area contributed by atoms with Crippen LogP contribution in [0.3, 0.4) is 0 Å². The zero-order chi connectivity index (χ0) is 15.6. The second-order valence-corrected chi connectivity index (χ2v) is 6.93. The van der Waals surface area contributed by atoms with Crippen molar-refractivity contribution < 1.29 is 9.53 Å². The molecule has 1 aromatic heterocycles. The number of carbonyl (C=O) groups is 1. The summed E-state index contributed by atoms with van der Waals surface area (Å²) >= 11 is 1.47. The molecule has 0 aromatic carbocycles. The van der Waals surface area contributed by atoms with Crippen LogP contribution in [-0.4, -0.2) is 44.2 Å². The number of nitrogen functional groups attached to an aromatic ring is 1. The second kappa shape index (κ2) is 6.66. The highest BCUT2D eigenvalue weighted by Gasteiger charge is 2.33. The molecule has 0 unspecified atom stereocenters. The van der Waals surface area contributed by atoms with Gasteiger partial charge in [0.2, 0.25) is 0 Å². The van der Waals surface area contributed by atoms with Crippen LogP contribution < -0.4 is 11.1 Å². The van der Waals surface area contributed by atoms with Gasteiger partial charge in [-0.1, -0.05) is 0 Å². The molecule has 0 bridgehead atoms. The summed E-state index contributed by atoms with van der Waals surface area (Å²) in [5.74, 6) is 0.490. The predicted molar refractivity (Wildman–Crippen MR) is 88.3 cm³/mol. The van der Waals surface area contributed by atoms with Gasteiger partial charge in [0, 0.05) is 26.2 Å². The molecular formula is C15H25N3O2S. The van der Waals surface area contributed by atoms with Crippen LogP contribution in [0, 0.1) is 0 Å². The van der Waals surface area contributed by atoms with Crippen LogP contribution in [0.2, 0.25) is 0 Å². The average Bonchev–Trinajstić information content (AvgIpc) is 3.18. The number of rotatable bonds is 7. The van der Waals surface area contributed by atoms with Crippen molar-refractivity contribution in [3.8, 4) is 0 Å². The van der Waals surface area contributed by atoms with E-state index in [2.05, 4.69) is 5.32 Å². The van der Waals surface area contributed by atoms with Gasteiger partial charge >= 0.3 is 0 Å². The third-order valence-corrected chi connectivity index (χ3v) is 4.58. The largest absolute Gasteiger partial charge is 0.397 e. The lowest BCUT2D eigenvalue weighted by atomic mass is 10.1. The van der Waals surface area contributed by atoms with E-state index in [0.29, 0.717) is 23.1 Å². The fourth-order valence-corrected chi connectivity index (χ4v) is 3.44. The Bertz CT molecular complexity index is 507. The Hall–Kier alpha value is -1.27. The minimum absolute atomic E-state index is 0.0223. The zero-order valence-electron chi connectivity index (χ0n) is 13.2. The molecule has 1 amide bonds. The molecule has 0 radical (unpaired) electrons. The van der Waals surface area contributed by atoms with Crippen molar-refractivity contribution in [1.82, 2.24) is 4.90 Å². The number of amides is 1. The number of nitrogens with one attached hydrogen (secondary N) is 1. The summed E-state index contributed by atoms with van der Waals surface area (Å²) in [6.07, 6.45) is 2.55. The number of carbonyl (C=O) groups excluding carboxylic acids is 1. The molecule has 0 saturated heterocycles. The van der Waals surface area contributed by atoms with Crippen LogP contribution in [0.1, 0.15) is 47.8 Å². The van der Waals surface area contributed by atoms with Crippen LogP contribution >= 0.6 is 11.3 Å². The minimum Gasteiger partial charge on any atom is -0.397 e. The Labute approximate surface area is 130 Å². The van der Waals surface area contributed by atoms with Crippen LogP contribution in [0.4, 0.5) is 10.7 Å². The van der Waals surface area contributed by atoms with Crippen molar-refractivity contribution in [2.75, 3.05) is 38.3 Å². The van der Waals surface area contributed by atoms with E-state index in [1.165, 1.54) is 11.3 Å². The van der Waals surface area contributed by atoms with Crippen LogP contribution in [-0.2, 0) is 4.74 Å². The van der Waals surface area contributed by atoms with Gasteiger partial charge in [-0.3, -0.25) is 4.79 Å². The van der Waals surface area contributed by atoms with E-state index < -0.39 is 0 Å². The van der Waals surface area contributed by atoms with Gasteiger partial charge in [0.1, 0.15) is 4.88 Å². The van der Waals surface area contributed by atoms with Crippen molar-refractivity contribution in [1.29, 1.82) is 0 Å². The van der Waals surface area contributed by atoms with E-state index in [1.54, 1.807) is 19.0 Å². The molecule has 2 rings (SSSR count). The molecule has 21 heavy (non-hydrogen) atoms. The standard InChI is InChI=1S/C15H25N3O2S/c1-9(2)20-8-7-17-14-11(10-5-6-10)12(16)13(21-14)15(19)18(3)4/h9-10,17H,5-8,16H2,1-4H3. The monoisotopic (exact) mass is 311 g/mol. The lowest BCUT2D eigenvalue weighted by molar-refractivity contribution is 0.0833. The molecule has 3 N–H and O–H groups in total. The molecule has 1 heterocycles. The van der Waals surface area contributed by atoms with Gasteiger partial charge in [-0.15, -0.1) is 11.3 Å². The Morgan fingerprint density at radius 1 is 1.48 bits per heavy atom. The number of nitrogens with two attached hydrogens (primary N) is 1. The third-order valence-electron chi connectivity index (χ3n) is 3.41. The molecule has 1 aromatic rings. The summed E-state index contributed by atoms with van der Waals surface area (Å²) in [5, 5.41) is 4.42. The Morgan fingerprint density at radius 2 is 2.14 bits per heavy atom. The van der Waals surface area contributed by atoms with Crippen LogP contribution in [0.15, 0.2) is 0 Å². The molecule has 118 valence electrons. The van der Waals surface area contributed by atoms with E-state index in [9.17, 15) is 4.79 Å². The maximum Gasteiger partial charge on any atom is 0.265 e. The smallest absolute Gasteiger partial charge is 0.265 e. The first-order chi connectivity index (χ1) is 9.91. The molecule has 0 aliphatic heterocycles. The van der Waals surface area contributed by atoms with Gasteiger partial charge in [0.15, 0.2) is 0 Å². The normalized spacial score (nSPS) is 14.5. The number of thiophene rings is 1. The number of anilines is 2. The van der Waals surface area contributed by atoms with Crippen molar-refractivity contribution in [2.45, 2.75) is 38.7 Å². The summed E-state index contributed by atoms with van der Waals surface area (Å²) < 4.78 is 5.54. The van der Waals surface area contributed by atoms with E-state index in [0.717, 1.165) is 30.0 Å². The van der Waals surface area contributed by atoms with Crippen molar-refractivity contribution in [2.24, 2.45) is 0 Å². The van der Waals surface area contributed by atoms with Gasteiger partial charge in [0.25, 0.3) is 5.91 Å². The maximum atomic E-state index is 12.2. The molecule has 0 atom stereocenters. The number of hydrogen-bond acceptors (Lipinski definition) is 5. The van der Waals surface area contributed by atoms with Gasteiger partial charge in [-0.25, -0.2) is 0 Å². The molecule has 0 spiro atoms. The maximum absolute atomic E-state index is 12.2. The van der Waals surface area contributed by atoms with Gasteiger partial charge < -0.3 is 20.7 Å². The summed E-state index contributed by atoms with van der Waals surface area (Å²) in [6.45, 7) is 5.42. The van der Waals surface area contributed by atoms with E-state index in [1.807, 2.05) is 13.8 Å². The highest BCUT2D eigenvalue weighted by atomic mass is 32.1. The molecule has 6 heteroatoms. The third kappa shape index (κ3) is 3.89. The topological polar surface area (TPSA) is 67.6 Å². The summed E-state index contributed by atoms with van der Waals surface area (Å²) in [4.78, 5) is 14.4. The highest BCUT2D eigenvalue weighted by Crippen LogP contribution is 2.50. The van der Waals surface area contributed by atoms with E-state index in [-0.39, 0.29) is 12.0 Å². The van der Waals surface area contributed by atoms with Crippen molar-refractivity contribution >= 4 is 27.9 Å². The Balaban J connectivity index is 2.12. The first-order valence-corrected chi connectivity index (χ1v) is 8.22. The van der Waals surface area contributed by atoms with Crippen molar-refractivity contribution in [3.05, 3.63) is 10.4 Å². The second-order valence-electron chi connectivity index (χ2n) is 5.91. The average molecular weight is 311 g/mol. The van der Waals surface area contributed by atoms with Gasteiger partial charge in [-0.05, 0) is 32.6 Å². The fraction of sp³-hybridized carbons (Fsp3) is 0.667. The first kappa shape index (κ1) is 16.1. The summed E-state index contributed by atoms with van der Waals surface area (Å²) in [5.41, 5.74) is 8.02. The summed E-state index contributed by atoms with van der Waals surface area (Å²) in [6, 6.07) is 0. The summed E-state index contributed by atoms with van der Waals surface area (Å²) in [7, 11) is 3.50. The minimum atomic E-state index is -0.0223. The highest BCUT2D eigenvalue weighted by molar-refractivity contribution is 7.18. The quantitative estimate of drug-likeness (QED) is 0.760. The molecule has 1 aliphatic rings. The Kier molecular flexibility index (Phi) is 5.11. The Morgan fingerprint density at radius 3 is 2.67 bits per heavy atom. The molecular weight excluding hydrogens is 286 g/mol. The lowest BCUT2D eigenvalue weighted by Gasteiger charge is -2.10. The van der Waals surface area contributed by atoms with Crippen LogP contribution in [0.25, 0.3) is 0 Å². The van der Waals surface area contributed by atoms with Gasteiger partial charge in [-0.2, -0.15) is 0 Å². The molecule has 1 fully saturated rings. The zero-order valence-corrected chi connectivity index (χ0v) is 14.0. The lowest BCUT2D eigenvalue weighted by Crippen LogP contribution is -2.21. The van der Waals surface area contributed by atoms with E-state index in [4.69, 9.17) is 10.5 Å². The fourth-order valence-electron chi connectivity index (χ4n) is 2.19. The number of nitrogens with zero attached hydrogens (tertiary/aromatic N) is 1. The molecule has 5 nitrogen and oxygen atoms in total. The van der Waals surface area contributed by atoms with E-state index >= 15 is 0 Å². The molecule has 1 aliphatic carbocycles. The first-order valence-electron chi connectivity index (χ1n) is 7.41. The SMILES string of the molecule is CC(C)OCCNc1sc(C(=O)N(C)C)c(N)c1C1CC1. The van der Waals surface area contributed by atoms with Gasteiger partial charge in [0.05, 0.1) is 23.4 Å². The predicted octanol–water partition coefficient (Wildman–Crippen LogP) is 2.75.